The highest BCUT2D eigenvalue weighted by Crippen LogP contribution is 2.30. The van der Waals surface area contributed by atoms with Crippen molar-refractivity contribution in [3.63, 3.8) is 0 Å². The lowest BCUT2D eigenvalue weighted by Gasteiger charge is -2.14. The molecule has 1 aliphatic carbocycles. The number of primary amides is 1. The summed E-state index contributed by atoms with van der Waals surface area (Å²) >= 11 is 0. The molecule has 33 heavy (non-hydrogen) atoms. The van der Waals surface area contributed by atoms with Crippen LogP contribution in [-0.4, -0.2) is 33.9 Å². The highest BCUT2D eigenvalue weighted by molar-refractivity contribution is 6.47. The van der Waals surface area contributed by atoms with E-state index in [0.29, 0.717) is 42.1 Å². The molecule has 0 saturated heterocycles. The van der Waals surface area contributed by atoms with Crippen LogP contribution >= 0.6 is 0 Å². The molecule has 7 nitrogen and oxygen atoms in total. The van der Waals surface area contributed by atoms with E-state index in [1.165, 1.54) is 23.9 Å². The third kappa shape index (κ3) is 4.26. The molecule has 7 heteroatoms. The number of fused-ring (bicyclic) bond motifs is 1. The Labute approximate surface area is 191 Å². The zero-order chi connectivity index (χ0) is 22.8. The molecule has 0 radical (unpaired) electrons. The summed E-state index contributed by atoms with van der Waals surface area (Å²) in [7, 11) is 0. The van der Waals surface area contributed by atoms with E-state index in [-0.39, 0.29) is 5.78 Å². The van der Waals surface area contributed by atoms with Gasteiger partial charge in [-0.15, -0.1) is 0 Å². The average molecular weight is 440 g/mol. The van der Waals surface area contributed by atoms with Crippen molar-refractivity contribution in [2.45, 2.75) is 38.6 Å². The monoisotopic (exact) mass is 439 g/mol. The minimum absolute atomic E-state index is 0.104. The van der Waals surface area contributed by atoms with Gasteiger partial charge in [-0.3, -0.25) is 14.6 Å². The van der Waals surface area contributed by atoms with Crippen LogP contribution < -0.4 is 11.1 Å². The highest BCUT2D eigenvalue weighted by Gasteiger charge is 2.26. The number of nitrogens with one attached hydrogen (secondary N) is 1. The first kappa shape index (κ1) is 21.0. The third-order valence-electron chi connectivity index (χ3n) is 6.31. The van der Waals surface area contributed by atoms with E-state index in [2.05, 4.69) is 20.3 Å². The van der Waals surface area contributed by atoms with E-state index in [0.717, 1.165) is 35.8 Å². The molecular formula is C26H25N5O2. The summed E-state index contributed by atoms with van der Waals surface area (Å²) in [5.41, 5.74) is 11.6. The molecule has 0 saturated carbocycles. The van der Waals surface area contributed by atoms with Crippen molar-refractivity contribution in [1.82, 2.24) is 9.97 Å². The lowest BCUT2D eigenvalue weighted by atomic mass is 9.88. The maximum Gasteiger partial charge on any atom is 0.250 e. The highest BCUT2D eigenvalue weighted by atomic mass is 16.1. The number of allylic oxidation sites excluding steroid dienone is 1. The van der Waals surface area contributed by atoms with Gasteiger partial charge in [-0.25, -0.2) is 9.97 Å². The molecule has 0 fully saturated rings. The number of hydrogen-bond donors (Lipinski definition) is 2. The van der Waals surface area contributed by atoms with Gasteiger partial charge < -0.3 is 11.1 Å². The fourth-order valence-electron chi connectivity index (χ4n) is 4.69. The van der Waals surface area contributed by atoms with Gasteiger partial charge in [0, 0.05) is 18.4 Å². The number of benzene rings is 2. The molecule has 0 unspecified atom stereocenters. The summed E-state index contributed by atoms with van der Waals surface area (Å²) in [5.74, 6) is 0.208. The topological polar surface area (TPSA) is 110 Å². The first-order chi connectivity index (χ1) is 16.1. The summed E-state index contributed by atoms with van der Waals surface area (Å²) in [5, 5.41) is 4.06. The number of anilines is 1. The minimum Gasteiger partial charge on any atom is -0.366 e. The lowest BCUT2D eigenvalue weighted by Crippen LogP contribution is -2.19. The first-order valence-corrected chi connectivity index (χ1v) is 11.2. The van der Waals surface area contributed by atoms with Gasteiger partial charge in [0.15, 0.2) is 5.78 Å². The molecule has 2 aromatic carbocycles. The molecular weight excluding hydrogens is 414 g/mol. The predicted octanol–water partition coefficient (Wildman–Crippen LogP) is 3.78. The Bertz CT molecular complexity index is 1330. The first-order valence-electron chi connectivity index (χ1n) is 11.2. The number of nitrogens with zero attached hydrogens (tertiary/aromatic N) is 3. The zero-order valence-corrected chi connectivity index (χ0v) is 18.3. The van der Waals surface area contributed by atoms with Gasteiger partial charge in [0.1, 0.15) is 17.9 Å². The van der Waals surface area contributed by atoms with Gasteiger partial charge in [0.2, 0.25) is 0 Å². The summed E-state index contributed by atoms with van der Waals surface area (Å²) in [6.07, 6.45) is 6.18. The van der Waals surface area contributed by atoms with Crippen LogP contribution in [0.25, 0.3) is 10.9 Å². The zero-order valence-electron chi connectivity index (χ0n) is 18.3. The quantitative estimate of drug-likeness (QED) is 0.582. The second kappa shape index (κ2) is 8.94. The second-order valence-corrected chi connectivity index (χ2v) is 8.52. The van der Waals surface area contributed by atoms with E-state index >= 15 is 0 Å². The molecule has 0 spiro atoms. The van der Waals surface area contributed by atoms with Gasteiger partial charge in [0.05, 0.1) is 17.6 Å². The molecule has 166 valence electrons. The number of nitrogens with two attached hydrogens (primary N) is 1. The number of rotatable bonds is 7. The molecule has 3 aromatic rings. The third-order valence-corrected chi connectivity index (χ3v) is 6.31. The Balaban J connectivity index is 1.30. The molecule has 1 aliphatic heterocycles. The lowest BCUT2D eigenvalue weighted by molar-refractivity contribution is -0.112. The standard InChI is InChI=1S/C26H25N5O2/c27-25(33)20-9-4-10-21-23(20)30-15-31-26(21)29-13-17-6-3-5-16(11-17)12-22(32)24-19-8-2-1-7-18(19)14-28-24/h3-6,9-11,15H,1-2,7-8,12-14H2,(H2,27,33)(H,29,30,31). The van der Waals surface area contributed by atoms with Crippen molar-refractivity contribution >= 4 is 34.1 Å². The number of hydrogen-bond acceptors (Lipinski definition) is 6. The summed E-state index contributed by atoms with van der Waals surface area (Å²) in [6.45, 7) is 1.22. The Hall–Kier alpha value is -3.87. The van der Waals surface area contributed by atoms with E-state index in [1.807, 2.05) is 30.3 Å². The summed E-state index contributed by atoms with van der Waals surface area (Å²) in [4.78, 5) is 37.8. The van der Waals surface area contributed by atoms with E-state index in [4.69, 9.17) is 5.73 Å². The van der Waals surface area contributed by atoms with Crippen molar-refractivity contribution < 1.29 is 9.59 Å². The minimum atomic E-state index is -0.523. The average Bonchev–Trinajstić information content (AvgIpc) is 3.27. The molecule has 5 rings (SSSR count). The van der Waals surface area contributed by atoms with E-state index in [9.17, 15) is 9.59 Å². The largest absolute Gasteiger partial charge is 0.366 e. The van der Waals surface area contributed by atoms with Crippen molar-refractivity contribution in [3.05, 3.63) is 76.6 Å². The normalized spacial score (nSPS) is 15.3. The Morgan fingerprint density at radius 1 is 1.00 bits per heavy atom. The van der Waals surface area contributed by atoms with Crippen molar-refractivity contribution in [1.29, 1.82) is 0 Å². The predicted molar refractivity (Wildman–Crippen MR) is 128 cm³/mol. The van der Waals surface area contributed by atoms with Crippen LogP contribution in [0.2, 0.25) is 0 Å². The fourth-order valence-corrected chi connectivity index (χ4v) is 4.69. The van der Waals surface area contributed by atoms with Gasteiger partial charge in [-0.2, -0.15) is 0 Å². The van der Waals surface area contributed by atoms with Gasteiger partial charge in [0.25, 0.3) is 5.91 Å². The number of ketones is 1. The maximum absolute atomic E-state index is 13.0. The summed E-state index contributed by atoms with van der Waals surface area (Å²) < 4.78 is 0. The number of carbonyl (C=O) groups excluding carboxylic acids is 2. The number of aliphatic imine (C=N–C) groups is 1. The Kier molecular flexibility index (Phi) is 5.69. The van der Waals surface area contributed by atoms with Crippen LogP contribution in [0.5, 0.6) is 0 Å². The van der Waals surface area contributed by atoms with Crippen LogP contribution in [0.4, 0.5) is 5.82 Å². The van der Waals surface area contributed by atoms with E-state index < -0.39 is 5.91 Å². The molecule has 3 N–H and O–H groups in total. The van der Waals surface area contributed by atoms with Crippen molar-refractivity contribution in [2.75, 3.05) is 11.9 Å². The molecule has 2 heterocycles. The van der Waals surface area contributed by atoms with Gasteiger partial charge >= 0.3 is 0 Å². The molecule has 0 bridgehead atoms. The van der Waals surface area contributed by atoms with E-state index in [1.54, 1.807) is 12.1 Å². The summed E-state index contributed by atoms with van der Waals surface area (Å²) in [6, 6.07) is 13.3. The van der Waals surface area contributed by atoms with Crippen LogP contribution in [0.1, 0.15) is 47.2 Å². The smallest absolute Gasteiger partial charge is 0.250 e. The van der Waals surface area contributed by atoms with Crippen molar-refractivity contribution in [2.24, 2.45) is 10.7 Å². The number of carbonyl (C=O) groups is 2. The SMILES string of the molecule is NC(=O)c1cccc2c(NCc3cccc(CC(=O)C4=NCC5=C4CCCC5)c3)ncnc12. The maximum atomic E-state index is 13.0. The number of amides is 1. The van der Waals surface area contributed by atoms with Crippen molar-refractivity contribution in [3.8, 4) is 0 Å². The Morgan fingerprint density at radius 3 is 2.70 bits per heavy atom. The molecule has 2 aliphatic rings. The van der Waals surface area contributed by atoms with Gasteiger partial charge in [-0.1, -0.05) is 30.3 Å². The molecule has 0 atom stereocenters. The Morgan fingerprint density at radius 2 is 1.82 bits per heavy atom. The van der Waals surface area contributed by atoms with Crippen LogP contribution in [0.3, 0.4) is 0 Å². The van der Waals surface area contributed by atoms with Gasteiger partial charge in [-0.05, 0) is 60.1 Å². The van der Waals surface area contributed by atoms with Crippen LogP contribution in [0.15, 0.2) is 64.9 Å². The number of para-hydroxylation sites is 1. The number of Topliss-reactive ketones (excluding diaryl/α,β-unsaturated/α-hetero) is 1. The number of aromatic nitrogens is 2. The molecule has 1 amide bonds. The van der Waals surface area contributed by atoms with Crippen LogP contribution in [0, 0.1) is 0 Å². The second-order valence-electron chi connectivity index (χ2n) is 8.52. The van der Waals surface area contributed by atoms with Crippen LogP contribution in [-0.2, 0) is 17.8 Å². The molecule has 1 aromatic heterocycles. The fraction of sp³-hybridized carbons (Fsp3) is 0.269.